The SMILES string of the molecule is CO[C@@H]1CCN(C(=O)c2cc3ncccc3s2)C1. The van der Waals surface area contributed by atoms with Crippen LogP contribution in [0, 0.1) is 0 Å². The molecule has 2 aromatic rings. The number of nitrogens with zero attached hydrogens (tertiary/aromatic N) is 2. The van der Waals surface area contributed by atoms with E-state index in [-0.39, 0.29) is 12.0 Å². The highest BCUT2D eigenvalue weighted by atomic mass is 32.1. The maximum atomic E-state index is 12.3. The summed E-state index contributed by atoms with van der Waals surface area (Å²) in [5.74, 6) is 0.0950. The Bertz CT molecular complexity index is 548. The number of hydrogen-bond acceptors (Lipinski definition) is 4. The number of hydrogen-bond donors (Lipinski definition) is 0. The van der Waals surface area contributed by atoms with Crippen LogP contribution in [0.5, 0.6) is 0 Å². The fourth-order valence-electron chi connectivity index (χ4n) is 2.24. The first-order chi connectivity index (χ1) is 8.78. The van der Waals surface area contributed by atoms with Crippen molar-refractivity contribution in [3.05, 3.63) is 29.3 Å². The molecule has 0 spiro atoms. The second-order valence-electron chi connectivity index (χ2n) is 4.39. The third kappa shape index (κ3) is 2.00. The van der Waals surface area contributed by atoms with Crippen LogP contribution in [0.25, 0.3) is 10.2 Å². The number of ether oxygens (including phenoxy) is 1. The van der Waals surface area contributed by atoms with Gasteiger partial charge in [0, 0.05) is 26.4 Å². The van der Waals surface area contributed by atoms with Crippen LogP contribution in [-0.2, 0) is 4.74 Å². The lowest BCUT2D eigenvalue weighted by Gasteiger charge is -2.14. The fourth-order valence-corrected chi connectivity index (χ4v) is 3.22. The first-order valence-electron chi connectivity index (χ1n) is 5.94. The molecule has 5 heteroatoms. The van der Waals surface area contributed by atoms with E-state index in [1.807, 2.05) is 23.1 Å². The molecule has 0 unspecified atom stereocenters. The van der Waals surface area contributed by atoms with Crippen LogP contribution >= 0.6 is 11.3 Å². The van der Waals surface area contributed by atoms with E-state index < -0.39 is 0 Å². The Labute approximate surface area is 109 Å². The molecule has 1 atom stereocenters. The van der Waals surface area contributed by atoms with Gasteiger partial charge in [-0.25, -0.2) is 0 Å². The topological polar surface area (TPSA) is 42.4 Å². The first-order valence-corrected chi connectivity index (χ1v) is 6.76. The number of rotatable bonds is 2. The predicted molar refractivity (Wildman–Crippen MR) is 70.9 cm³/mol. The molecule has 0 radical (unpaired) electrons. The normalized spacial score (nSPS) is 19.6. The van der Waals surface area contributed by atoms with Gasteiger partial charge in [-0.2, -0.15) is 0 Å². The number of likely N-dealkylation sites (tertiary alicyclic amines) is 1. The summed E-state index contributed by atoms with van der Waals surface area (Å²) in [6, 6.07) is 5.76. The maximum Gasteiger partial charge on any atom is 0.264 e. The van der Waals surface area contributed by atoms with Gasteiger partial charge in [0.15, 0.2) is 0 Å². The van der Waals surface area contributed by atoms with Gasteiger partial charge in [-0.3, -0.25) is 9.78 Å². The van der Waals surface area contributed by atoms with E-state index >= 15 is 0 Å². The maximum absolute atomic E-state index is 12.3. The van der Waals surface area contributed by atoms with E-state index in [0.717, 1.165) is 28.1 Å². The summed E-state index contributed by atoms with van der Waals surface area (Å²) in [6.07, 6.45) is 2.85. The molecule has 18 heavy (non-hydrogen) atoms. The Hall–Kier alpha value is -1.46. The molecular formula is C13H14N2O2S. The van der Waals surface area contributed by atoms with Gasteiger partial charge in [-0.15, -0.1) is 11.3 Å². The fraction of sp³-hybridized carbons (Fsp3) is 0.385. The van der Waals surface area contributed by atoms with Gasteiger partial charge in [0.2, 0.25) is 0 Å². The summed E-state index contributed by atoms with van der Waals surface area (Å²) in [4.78, 5) is 19.2. The van der Waals surface area contributed by atoms with E-state index in [1.54, 1.807) is 13.3 Å². The first kappa shape index (κ1) is 11.6. The van der Waals surface area contributed by atoms with Gasteiger partial charge in [0.05, 0.1) is 21.2 Å². The van der Waals surface area contributed by atoms with E-state index in [9.17, 15) is 4.79 Å². The minimum absolute atomic E-state index is 0.0950. The highest BCUT2D eigenvalue weighted by Crippen LogP contribution is 2.26. The summed E-state index contributed by atoms with van der Waals surface area (Å²) in [7, 11) is 1.70. The van der Waals surface area contributed by atoms with Crippen molar-refractivity contribution in [2.75, 3.05) is 20.2 Å². The average molecular weight is 262 g/mol. The van der Waals surface area contributed by atoms with Gasteiger partial charge in [0.1, 0.15) is 0 Å². The summed E-state index contributed by atoms with van der Waals surface area (Å²) < 4.78 is 6.34. The molecule has 94 valence electrons. The summed E-state index contributed by atoms with van der Waals surface area (Å²) in [5, 5.41) is 0. The Balaban J connectivity index is 1.84. The predicted octanol–water partition coefficient (Wildman–Crippen LogP) is 2.16. The lowest BCUT2D eigenvalue weighted by Crippen LogP contribution is -2.29. The van der Waals surface area contributed by atoms with Crippen LogP contribution in [0.2, 0.25) is 0 Å². The Morgan fingerprint density at radius 3 is 3.22 bits per heavy atom. The van der Waals surface area contributed by atoms with E-state index in [4.69, 9.17) is 4.74 Å². The van der Waals surface area contributed by atoms with Crippen LogP contribution < -0.4 is 0 Å². The number of carbonyl (C=O) groups excluding carboxylic acids is 1. The number of methoxy groups -OCH3 is 1. The zero-order valence-corrected chi connectivity index (χ0v) is 10.9. The largest absolute Gasteiger partial charge is 0.380 e. The molecule has 1 fully saturated rings. The molecule has 0 bridgehead atoms. The molecule has 0 aliphatic carbocycles. The Morgan fingerprint density at radius 2 is 2.50 bits per heavy atom. The van der Waals surface area contributed by atoms with E-state index in [2.05, 4.69) is 4.98 Å². The molecule has 1 aliphatic heterocycles. The molecule has 0 aromatic carbocycles. The van der Waals surface area contributed by atoms with Crippen LogP contribution in [0.15, 0.2) is 24.4 Å². The van der Waals surface area contributed by atoms with Gasteiger partial charge in [-0.1, -0.05) is 0 Å². The lowest BCUT2D eigenvalue weighted by atomic mass is 10.3. The quantitative estimate of drug-likeness (QED) is 0.833. The molecule has 2 aromatic heterocycles. The Morgan fingerprint density at radius 1 is 1.61 bits per heavy atom. The van der Waals surface area contributed by atoms with E-state index in [0.29, 0.717) is 6.54 Å². The van der Waals surface area contributed by atoms with E-state index in [1.165, 1.54) is 11.3 Å². The minimum atomic E-state index is 0.0950. The zero-order chi connectivity index (χ0) is 12.5. The number of fused-ring (bicyclic) bond motifs is 1. The number of carbonyl (C=O) groups is 1. The lowest BCUT2D eigenvalue weighted by molar-refractivity contribution is 0.0728. The van der Waals surface area contributed by atoms with Gasteiger partial charge >= 0.3 is 0 Å². The summed E-state index contributed by atoms with van der Waals surface area (Å²) in [6.45, 7) is 1.47. The van der Waals surface area contributed by atoms with Gasteiger partial charge in [-0.05, 0) is 24.6 Å². The van der Waals surface area contributed by atoms with Crippen molar-refractivity contribution in [3.8, 4) is 0 Å². The summed E-state index contributed by atoms with van der Waals surface area (Å²) in [5.41, 5.74) is 0.897. The van der Waals surface area contributed by atoms with Crippen molar-refractivity contribution in [2.45, 2.75) is 12.5 Å². The van der Waals surface area contributed by atoms with Crippen molar-refractivity contribution < 1.29 is 9.53 Å². The molecule has 3 rings (SSSR count). The number of pyridine rings is 1. The molecule has 1 aliphatic rings. The number of aromatic nitrogens is 1. The highest BCUT2D eigenvalue weighted by Gasteiger charge is 2.27. The molecular weight excluding hydrogens is 248 g/mol. The number of thiophene rings is 1. The molecule has 3 heterocycles. The molecule has 4 nitrogen and oxygen atoms in total. The van der Waals surface area contributed by atoms with Crippen molar-refractivity contribution in [1.29, 1.82) is 0 Å². The van der Waals surface area contributed by atoms with Crippen LogP contribution in [0.3, 0.4) is 0 Å². The molecule has 1 saturated heterocycles. The average Bonchev–Trinajstić information content (AvgIpc) is 3.04. The Kier molecular flexibility index (Phi) is 3.01. The molecule has 1 amide bonds. The van der Waals surface area contributed by atoms with Crippen molar-refractivity contribution in [1.82, 2.24) is 9.88 Å². The highest BCUT2D eigenvalue weighted by molar-refractivity contribution is 7.20. The second kappa shape index (κ2) is 4.66. The molecule has 0 saturated carbocycles. The molecule has 0 N–H and O–H groups in total. The van der Waals surface area contributed by atoms with Crippen molar-refractivity contribution in [2.24, 2.45) is 0 Å². The van der Waals surface area contributed by atoms with Crippen LogP contribution in [0.1, 0.15) is 16.1 Å². The monoisotopic (exact) mass is 262 g/mol. The van der Waals surface area contributed by atoms with Crippen LogP contribution in [0.4, 0.5) is 0 Å². The zero-order valence-electron chi connectivity index (χ0n) is 10.1. The third-order valence-electron chi connectivity index (χ3n) is 3.26. The minimum Gasteiger partial charge on any atom is -0.380 e. The number of amides is 1. The second-order valence-corrected chi connectivity index (χ2v) is 5.48. The van der Waals surface area contributed by atoms with Gasteiger partial charge < -0.3 is 9.64 Å². The third-order valence-corrected chi connectivity index (χ3v) is 4.34. The smallest absolute Gasteiger partial charge is 0.264 e. The van der Waals surface area contributed by atoms with Crippen molar-refractivity contribution in [3.63, 3.8) is 0 Å². The summed E-state index contributed by atoms with van der Waals surface area (Å²) >= 11 is 1.51. The van der Waals surface area contributed by atoms with Crippen LogP contribution in [-0.4, -0.2) is 42.1 Å². The standard InChI is InChI=1S/C13H14N2O2S/c1-17-9-4-6-15(8-9)13(16)12-7-10-11(18-12)3-2-5-14-10/h2-3,5,7,9H,4,6,8H2,1H3/t9-/m1/s1. The van der Waals surface area contributed by atoms with Gasteiger partial charge in [0.25, 0.3) is 5.91 Å². The van der Waals surface area contributed by atoms with Crippen molar-refractivity contribution >= 4 is 27.5 Å².